The molecule has 2 amide bonds. The average Bonchev–Trinajstić information content (AvgIpc) is 2.45. The normalized spacial score (nSPS) is 18.8. The van der Waals surface area contributed by atoms with Crippen LogP contribution in [0.5, 0.6) is 0 Å². The minimum atomic E-state index is -0.495. The van der Waals surface area contributed by atoms with Crippen LogP contribution in [0.25, 0.3) is 0 Å². The Morgan fingerprint density at radius 2 is 1.86 bits per heavy atom. The molecule has 0 radical (unpaired) electrons. The van der Waals surface area contributed by atoms with E-state index in [1.807, 2.05) is 27.7 Å². The fourth-order valence-corrected chi connectivity index (χ4v) is 2.44. The molecule has 1 aliphatic heterocycles. The van der Waals surface area contributed by atoms with Crippen LogP contribution in [0.4, 0.5) is 0 Å². The van der Waals surface area contributed by atoms with Gasteiger partial charge in [-0.05, 0) is 24.7 Å². The molecule has 1 saturated heterocycles. The Labute approximate surface area is 134 Å². The van der Waals surface area contributed by atoms with Crippen molar-refractivity contribution in [1.82, 2.24) is 15.5 Å². The highest BCUT2D eigenvalue weighted by molar-refractivity contribution is 5.82. The minimum Gasteiger partial charge on any atom is -0.355 e. The number of amides is 2. The summed E-state index contributed by atoms with van der Waals surface area (Å²) < 4.78 is 0. The zero-order valence-corrected chi connectivity index (χ0v) is 14.4. The van der Waals surface area contributed by atoms with E-state index in [0.717, 1.165) is 38.9 Å². The Morgan fingerprint density at radius 1 is 1.27 bits per heavy atom. The molecular weight excluding hydrogens is 280 g/mol. The number of piperidine rings is 1. The Kier molecular flexibility index (Phi) is 7.29. The third-order valence-corrected chi connectivity index (χ3v) is 4.09. The predicted molar refractivity (Wildman–Crippen MR) is 88.3 cm³/mol. The van der Waals surface area contributed by atoms with Crippen molar-refractivity contribution in [2.75, 3.05) is 26.2 Å². The molecule has 1 aliphatic rings. The van der Waals surface area contributed by atoms with E-state index in [1.165, 1.54) is 0 Å². The number of likely N-dealkylation sites (tertiary alicyclic amines) is 1. The maximum Gasteiger partial charge on any atom is 0.237 e. The van der Waals surface area contributed by atoms with Crippen LogP contribution in [0.1, 0.15) is 47.0 Å². The lowest BCUT2D eigenvalue weighted by molar-refractivity contribution is -0.126. The molecule has 0 aromatic rings. The van der Waals surface area contributed by atoms with Gasteiger partial charge >= 0.3 is 0 Å². The molecule has 1 fully saturated rings. The topological polar surface area (TPSA) is 87.5 Å². The molecule has 1 heterocycles. The molecule has 22 heavy (non-hydrogen) atoms. The summed E-state index contributed by atoms with van der Waals surface area (Å²) in [7, 11) is 0. The number of carbonyl (C=O) groups excluding carboxylic acids is 2. The molecule has 0 spiro atoms. The second kappa shape index (κ2) is 8.48. The molecule has 4 N–H and O–H groups in total. The SMILES string of the molecule is CCCNC(=O)CN1CCC(NC(=O)[C@@H](N)C(C)(C)C)CC1. The van der Waals surface area contributed by atoms with Gasteiger partial charge in [-0.3, -0.25) is 14.5 Å². The minimum absolute atomic E-state index is 0.0772. The highest BCUT2D eigenvalue weighted by Crippen LogP contribution is 2.18. The first-order valence-corrected chi connectivity index (χ1v) is 8.29. The van der Waals surface area contributed by atoms with Gasteiger partial charge in [0.25, 0.3) is 0 Å². The molecule has 128 valence electrons. The Balaban J connectivity index is 2.31. The molecule has 0 saturated carbocycles. The number of hydrogen-bond donors (Lipinski definition) is 3. The van der Waals surface area contributed by atoms with Crippen molar-refractivity contribution < 1.29 is 9.59 Å². The summed E-state index contributed by atoms with van der Waals surface area (Å²) in [5, 5.41) is 5.93. The van der Waals surface area contributed by atoms with Crippen LogP contribution in [0.3, 0.4) is 0 Å². The van der Waals surface area contributed by atoms with Crippen molar-refractivity contribution in [3.8, 4) is 0 Å². The van der Waals surface area contributed by atoms with E-state index < -0.39 is 6.04 Å². The first-order valence-electron chi connectivity index (χ1n) is 8.29. The number of nitrogens with zero attached hydrogens (tertiary/aromatic N) is 1. The van der Waals surface area contributed by atoms with E-state index in [1.54, 1.807) is 0 Å². The molecule has 0 aliphatic carbocycles. The lowest BCUT2D eigenvalue weighted by Gasteiger charge is -2.34. The smallest absolute Gasteiger partial charge is 0.237 e. The van der Waals surface area contributed by atoms with Crippen LogP contribution in [0, 0.1) is 5.41 Å². The van der Waals surface area contributed by atoms with Gasteiger partial charge in [-0.15, -0.1) is 0 Å². The van der Waals surface area contributed by atoms with Crippen LogP contribution in [0.2, 0.25) is 0 Å². The van der Waals surface area contributed by atoms with E-state index in [-0.39, 0.29) is 23.3 Å². The third-order valence-electron chi connectivity index (χ3n) is 4.09. The second-order valence-electron chi connectivity index (χ2n) is 7.25. The molecule has 0 aromatic heterocycles. The third kappa shape index (κ3) is 6.32. The van der Waals surface area contributed by atoms with Crippen molar-refractivity contribution >= 4 is 11.8 Å². The van der Waals surface area contributed by atoms with Crippen molar-refractivity contribution in [1.29, 1.82) is 0 Å². The van der Waals surface area contributed by atoms with Crippen LogP contribution >= 0.6 is 0 Å². The summed E-state index contributed by atoms with van der Waals surface area (Å²) in [5.74, 6) is 0.00530. The zero-order valence-electron chi connectivity index (χ0n) is 14.4. The molecule has 6 nitrogen and oxygen atoms in total. The summed E-state index contributed by atoms with van der Waals surface area (Å²) in [6.45, 7) is 10.8. The van der Waals surface area contributed by atoms with Crippen molar-refractivity contribution in [3.05, 3.63) is 0 Å². The van der Waals surface area contributed by atoms with Gasteiger partial charge in [-0.2, -0.15) is 0 Å². The number of carbonyl (C=O) groups is 2. The Hall–Kier alpha value is -1.14. The van der Waals surface area contributed by atoms with E-state index in [4.69, 9.17) is 5.73 Å². The van der Waals surface area contributed by atoms with Gasteiger partial charge in [-0.1, -0.05) is 27.7 Å². The number of nitrogens with two attached hydrogens (primary N) is 1. The lowest BCUT2D eigenvalue weighted by atomic mass is 9.86. The van der Waals surface area contributed by atoms with Gasteiger partial charge in [0.2, 0.25) is 11.8 Å². The van der Waals surface area contributed by atoms with Crippen molar-refractivity contribution in [2.45, 2.75) is 59.0 Å². The van der Waals surface area contributed by atoms with Gasteiger partial charge in [0.1, 0.15) is 0 Å². The van der Waals surface area contributed by atoms with E-state index in [0.29, 0.717) is 6.54 Å². The highest BCUT2D eigenvalue weighted by atomic mass is 16.2. The average molecular weight is 312 g/mol. The molecule has 0 unspecified atom stereocenters. The lowest BCUT2D eigenvalue weighted by Crippen LogP contribution is -2.54. The first-order chi connectivity index (χ1) is 10.2. The molecule has 1 rings (SSSR count). The Morgan fingerprint density at radius 3 is 2.36 bits per heavy atom. The zero-order chi connectivity index (χ0) is 16.8. The van der Waals surface area contributed by atoms with Gasteiger partial charge in [-0.25, -0.2) is 0 Å². The van der Waals surface area contributed by atoms with E-state index >= 15 is 0 Å². The monoisotopic (exact) mass is 312 g/mol. The van der Waals surface area contributed by atoms with Crippen molar-refractivity contribution in [2.24, 2.45) is 11.1 Å². The maximum absolute atomic E-state index is 12.1. The van der Waals surface area contributed by atoms with Crippen LogP contribution in [-0.4, -0.2) is 55.0 Å². The fourth-order valence-electron chi connectivity index (χ4n) is 2.44. The van der Waals surface area contributed by atoms with Gasteiger partial charge in [0, 0.05) is 25.7 Å². The van der Waals surface area contributed by atoms with Gasteiger partial charge in [0.15, 0.2) is 0 Å². The van der Waals surface area contributed by atoms with Gasteiger partial charge in [0.05, 0.1) is 12.6 Å². The highest BCUT2D eigenvalue weighted by Gasteiger charge is 2.30. The number of rotatable bonds is 6. The summed E-state index contributed by atoms with van der Waals surface area (Å²) in [6.07, 6.45) is 2.68. The van der Waals surface area contributed by atoms with E-state index in [9.17, 15) is 9.59 Å². The van der Waals surface area contributed by atoms with Gasteiger partial charge < -0.3 is 16.4 Å². The second-order valence-corrected chi connectivity index (χ2v) is 7.25. The summed E-state index contributed by atoms with van der Waals surface area (Å²) >= 11 is 0. The van der Waals surface area contributed by atoms with E-state index in [2.05, 4.69) is 15.5 Å². The molecule has 0 bridgehead atoms. The number of nitrogens with one attached hydrogen (secondary N) is 2. The fraction of sp³-hybridized carbons (Fsp3) is 0.875. The van der Waals surface area contributed by atoms with Crippen molar-refractivity contribution in [3.63, 3.8) is 0 Å². The van der Waals surface area contributed by atoms with Crippen LogP contribution in [-0.2, 0) is 9.59 Å². The first kappa shape index (κ1) is 18.9. The Bertz CT molecular complexity index is 371. The molecule has 1 atom stereocenters. The van der Waals surface area contributed by atoms with Crippen LogP contribution < -0.4 is 16.4 Å². The largest absolute Gasteiger partial charge is 0.355 e. The summed E-state index contributed by atoms with van der Waals surface area (Å²) in [5.41, 5.74) is 5.74. The molecule has 6 heteroatoms. The predicted octanol–water partition coefficient (Wildman–Crippen LogP) is 0.467. The maximum atomic E-state index is 12.1. The van der Waals surface area contributed by atoms with Crippen LogP contribution in [0.15, 0.2) is 0 Å². The standard InChI is InChI=1S/C16H32N4O2/c1-5-8-18-13(21)11-20-9-6-12(7-10-20)19-15(22)14(17)16(2,3)4/h12,14H,5-11,17H2,1-4H3,(H,18,21)(H,19,22)/t14-/m1/s1. The molecule has 0 aromatic carbocycles. The summed E-state index contributed by atoms with van der Waals surface area (Å²) in [6, 6.07) is -0.332. The number of hydrogen-bond acceptors (Lipinski definition) is 4. The summed E-state index contributed by atoms with van der Waals surface area (Å²) in [4.78, 5) is 25.9. The molecular formula is C16H32N4O2. The quantitative estimate of drug-likeness (QED) is 0.665.